The van der Waals surface area contributed by atoms with E-state index in [0.29, 0.717) is 6.54 Å². The van der Waals surface area contributed by atoms with Crippen molar-refractivity contribution in [2.24, 2.45) is 0 Å². The second-order valence-electron chi connectivity index (χ2n) is 6.03. The number of aromatic nitrogens is 4. The van der Waals surface area contributed by atoms with Gasteiger partial charge in [-0.1, -0.05) is 6.07 Å². The van der Waals surface area contributed by atoms with Crippen LogP contribution in [0.4, 0.5) is 0 Å². The maximum atomic E-state index is 12.9. The molecule has 24 heavy (non-hydrogen) atoms. The minimum atomic E-state index is -0.350. The summed E-state index contributed by atoms with van der Waals surface area (Å²) in [6.07, 6.45) is 3.58. The van der Waals surface area contributed by atoms with E-state index in [4.69, 9.17) is 0 Å². The van der Waals surface area contributed by atoms with E-state index < -0.39 is 0 Å². The molecular formula is C17H17N5O2. The summed E-state index contributed by atoms with van der Waals surface area (Å²) in [5, 5.41) is 8.44. The quantitative estimate of drug-likeness (QED) is 0.778. The van der Waals surface area contributed by atoms with Gasteiger partial charge in [-0.3, -0.25) is 14.0 Å². The molecule has 1 atom stereocenters. The van der Waals surface area contributed by atoms with Crippen LogP contribution in [-0.4, -0.2) is 36.9 Å². The highest BCUT2D eigenvalue weighted by atomic mass is 16.2. The third kappa shape index (κ3) is 2.29. The smallest absolute Gasteiger partial charge is 0.260 e. The van der Waals surface area contributed by atoms with Crippen molar-refractivity contribution in [2.45, 2.75) is 25.8 Å². The summed E-state index contributed by atoms with van der Waals surface area (Å²) in [4.78, 5) is 29.4. The lowest BCUT2D eigenvalue weighted by molar-refractivity contribution is 0.0727. The Morgan fingerprint density at radius 2 is 2.12 bits per heavy atom. The average Bonchev–Trinajstić information content (AvgIpc) is 3.20. The first-order valence-electron chi connectivity index (χ1n) is 7.96. The minimum absolute atomic E-state index is 0.168. The lowest BCUT2D eigenvalue weighted by atomic mass is 10.1. The molecule has 0 radical (unpaired) electrons. The third-order valence-electron chi connectivity index (χ3n) is 4.44. The Balaban J connectivity index is 1.72. The number of fused-ring (bicyclic) bond motifs is 1. The lowest BCUT2D eigenvalue weighted by Crippen LogP contribution is -2.35. The molecule has 7 heteroatoms. The molecule has 4 rings (SSSR count). The van der Waals surface area contributed by atoms with Crippen LogP contribution < -0.4 is 5.56 Å². The second-order valence-corrected chi connectivity index (χ2v) is 6.03. The first kappa shape index (κ1) is 14.6. The highest BCUT2D eigenvalue weighted by Gasteiger charge is 2.34. The molecule has 1 saturated heterocycles. The van der Waals surface area contributed by atoms with Crippen molar-refractivity contribution in [3.63, 3.8) is 0 Å². The third-order valence-corrected chi connectivity index (χ3v) is 4.44. The summed E-state index contributed by atoms with van der Waals surface area (Å²) >= 11 is 0. The number of carbonyl (C=O) groups is 1. The van der Waals surface area contributed by atoms with E-state index >= 15 is 0 Å². The molecule has 1 aliphatic rings. The zero-order valence-corrected chi connectivity index (χ0v) is 13.3. The first-order valence-corrected chi connectivity index (χ1v) is 7.96. The van der Waals surface area contributed by atoms with Gasteiger partial charge >= 0.3 is 0 Å². The van der Waals surface area contributed by atoms with Gasteiger partial charge in [0.2, 0.25) is 0 Å². The molecule has 122 valence electrons. The van der Waals surface area contributed by atoms with Crippen LogP contribution >= 0.6 is 0 Å². The number of hydrogen-bond acceptors (Lipinski definition) is 4. The first-order chi connectivity index (χ1) is 11.6. The Bertz CT molecular complexity index is 974. The zero-order chi connectivity index (χ0) is 16.7. The van der Waals surface area contributed by atoms with E-state index in [2.05, 4.69) is 15.2 Å². The van der Waals surface area contributed by atoms with E-state index in [1.807, 2.05) is 28.8 Å². The van der Waals surface area contributed by atoms with Gasteiger partial charge < -0.3 is 9.88 Å². The van der Waals surface area contributed by atoms with Crippen LogP contribution in [0.2, 0.25) is 0 Å². The maximum absolute atomic E-state index is 12.9. The second kappa shape index (κ2) is 5.59. The predicted octanol–water partition coefficient (Wildman–Crippen LogP) is 1.70. The molecule has 4 heterocycles. The van der Waals surface area contributed by atoms with Gasteiger partial charge in [0.25, 0.3) is 11.5 Å². The van der Waals surface area contributed by atoms with E-state index in [9.17, 15) is 9.59 Å². The van der Waals surface area contributed by atoms with Crippen molar-refractivity contribution in [2.75, 3.05) is 6.54 Å². The van der Waals surface area contributed by atoms with Gasteiger partial charge in [-0.05, 0) is 44.0 Å². The van der Waals surface area contributed by atoms with E-state index in [1.165, 1.54) is 0 Å². The Labute approximate surface area is 138 Å². The molecule has 1 amide bonds. The Hall–Kier alpha value is -2.96. The summed E-state index contributed by atoms with van der Waals surface area (Å²) in [6.45, 7) is 2.40. The Morgan fingerprint density at radius 3 is 2.96 bits per heavy atom. The van der Waals surface area contributed by atoms with Crippen LogP contribution in [0.15, 0.2) is 41.3 Å². The van der Waals surface area contributed by atoms with Crippen LogP contribution in [0.25, 0.3) is 5.65 Å². The number of carbonyl (C=O) groups excluding carboxylic acids is 1. The van der Waals surface area contributed by atoms with Crippen LogP contribution in [0.3, 0.4) is 0 Å². The number of likely N-dealkylation sites (tertiary alicyclic amines) is 1. The summed E-state index contributed by atoms with van der Waals surface area (Å²) in [6, 6.07) is 8.85. The monoisotopic (exact) mass is 323 g/mol. The van der Waals surface area contributed by atoms with E-state index in [-0.39, 0.29) is 23.1 Å². The van der Waals surface area contributed by atoms with Crippen LogP contribution in [0.1, 0.15) is 40.8 Å². The number of hydrogen-bond donors (Lipinski definition) is 1. The molecule has 3 aromatic rings. The molecule has 0 aliphatic carbocycles. The average molecular weight is 323 g/mol. The van der Waals surface area contributed by atoms with E-state index in [0.717, 1.165) is 30.0 Å². The standard InChI is InChI=1S/C17H17N5O2/c1-11-7-8-12(16(23)18-11)17(24)21-10-4-5-13(21)15-20-19-14-6-2-3-9-22(14)15/h2-3,6-9,13H,4-5,10H2,1H3,(H,18,23)/t13-/m0/s1. The molecule has 1 fully saturated rings. The number of nitrogens with one attached hydrogen (secondary N) is 1. The fourth-order valence-corrected chi connectivity index (χ4v) is 3.26. The van der Waals surface area contributed by atoms with Crippen LogP contribution in [0, 0.1) is 6.92 Å². The summed E-state index contributed by atoms with van der Waals surface area (Å²) in [5.74, 6) is 0.478. The summed E-state index contributed by atoms with van der Waals surface area (Å²) in [7, 11) is 0. The van der Waals surface area contributed by atoms with Gasteiger partial charge in [-0.2, -0.15) is 0 Å². The number of H-pyrrole nitrogens is 1. The molecule has 0 aromatic carbocycles. The molecule has 0 saturated carbocycles. The number of aromatic amines is 1. The SMILES string of the molecule is Cc1ccc(C(=O)N2CCC[C@H]2c2nnc3ccccn23)c(=O)[nH]1. The van der Waals surface area contributed by atoms with Crippen molar-refractivity contribution in [1.29, 1.82) is 0 Å². The van der Waals surface area contributed by atoms with Crippen molar-refractivity contribution in [3.8, 4) is 0 Å². The zero-order valence-electron chi connectivity index (χ0n) is 13.3. The molecule has 0 unspecified atom stereocenters. The highest BCUT2D eigenvalue weighted by Crippen LogP contribution is 2.31. The van der Waals surface area contributed by atoms with Gasteiger partial charge in [0.15, 0.2) is 11.5 Å². The molecule has 1 N–H and O–H groups in total. The van der Waals surface area contributed by atoms with Gasteiger partial charge in [0.05, 0.1) is 6.04 Å². The minimum Gasteiger partial charge on any atom is -0.328 e. The molecular weight excluding hydrogens is 306 g/mol. The van der Waals surface area contributed by atoms with Gasteiger partial charge in [-0.25, -0.2) is 0 Å². The molecule has 7 nitrogen and oxygen atoms in total. The van der Waals surface area contributed by atoms with Gasteiger partial charge in [-0.15, -0.1) is 10.2 Å². The number of pyridine rings is 2. The number of aryl methyl sites for hydroxylation is 1. The predicted molar refractivity (Wildman–Crippen MR) is 87.8 cm³/mol. The number of amides is 1. The largest absolute Gasteiger partial charge is 0.328 e. The van der Waals surface area contributed by atoms with E-state index in [1.54, 1.807) is 24.0 Å². The van der Waals surface area contributed by atoms with Crippen molar-refractivity contribution >= 4 is 11.6 Å². The number of nitrogens with zero attached hydrogens (tertiary/aromatic N) is 4. The van der Waals surface area contributed by atoms with Crippen molar-refractivity contribution in [3.05, 3.63) is 64.0 Å². The topological polar surface area (TPSA) is 83.4 Å². The van der Waals surface area contributed by atoms with Gasteiger partial charge in [0, 0.05) is 18.4 Å². The van der Waals surface area contributed by atoms with Crippen molar-refractivity contribution < 1.29 is 4.79 Å². The maximum Gasteiger partial charge on any atom is 0.260 e. The Kier molecular flexibility index (Phi) is 3.41. The normalized spacial score (nSPS) is 17.5. The molecule has 3 aromatic heterocycles. The fourth-order valence-electron chi connectivity index (χ4n) is 3.26. The lowest BCUT2D eigenvalue weighted by Gasteiger charge is -2.23. The van der Waals surface area contributed by atoms with Gasteiger partial charge in [0.1, 0.15) is 5.56 Å². The summed E-state index contributed by atoms with van der Waals surface area (Å²) < 4.78 is 1.90. The highest BCUT2D eigenvalue weighted by molar-refractivity contribution is 5.94. The van der Waals surface area contributed by atoms with Crippen LogP contribution in [-0.2, 0) is 0 Å². The molecule has 1 aliphatic heterocycles. The molecule has 0 bridgehead atoms. The van der Waals surface area contributed by atoms with Crippen molar-refractivity contribution in [1.82, 2.24) is 24.5 Å². The fraction of sp³-hybridized carbons (Fsp3) is 0.294. The number of rotatable bonds is 2. The molecule has 0 spiro atoms. The van der Waals surface area contributed by atoms with Crippen LogP contribution in [0.5, 0.6) is 0 Å². The Morgan fingerprint density at radius 1 is 1.25 bits per heavy atom. The summed E-state index contributed by atoms with van der Waals surface area (Å²) in [5.41, 5.74) is 1.30.